The minimum absolute atomic E-state index is 0.126. The van der Waals surface area contributed by atoms with Crippen molar-refractivity contribution in [2.24, 2.45) is 0 Å². The number of benzene rings is 2. The summed E-state index contributed by atoms with van der Waals surface area (Å²) in [5, 5.41) is 10.3. The van der Waals surface area contributed by atoms with Crippen LogP contribution in [0.3, 0.4) is 0 Å². The van der Waals surface area contributed by atoms with Gasteiger partial charge in [-0.15, -0.1) is 0 Å². The number of fused-ring (bicyclic) bond motifs is 1. The van der Waals surface area contributed by atoms with Gasteiger partial charge in [0.05, 0.1) is 4.47 Å². The fraction of sp³-hybridized carbons (Fsp3) is 0.200. The van der Waals surface area contributed by atoms with Gasteiger partial charge in [-0.05, 0) is 39.7 Å². The van der Waals surface area contributed by atoms with E-state index < -0.39 is 17.7 Å². The van der Waals surface area contributed by atoms with Gasteiger partial charge in [0.1, 0.15) is 19.3 Å². The first-order valence-corrected chi connectivity index (χ1v) is 7.08. The maximum absolute atomic E-state index is 13.8. The molecule has 0 aliphatic carbocycles. The molecule has 0 saturated heterocycles. The van der Waals surface area contributed by atoms with Gasteiger partial charge in [-0.3, -0.25) is 0 Å². The van der Waals surface area contributed by atoms with Crippen LogP contribution in [0.2, 0.25) is 0 Å². The second-order valence-corrected chi connectivity index (χ2v) is 5.43. The molecular weight excluding hydrogens is 346 g/mol. The molecular formula is C15H11BrF2O3. The van der Waals surface area contributed by atoms with Crippen molar-refractivity contribution >= 4 is 15.9 Å². The molecule has 1 N–H and O–H groups in total. The molecule has 0 amide bonds. The average Bonchev–Trinajstić information content (AvgIpc) is 2.49. The molecule has 1 aliphatic rings. The van der Waals surface area contributed by atoms with Crippen LogP contribution < -0.4 is 9.47 Å². The molecule has 3 rings (SSSR count). The van der Waals surface area contributed by atoms with Crippen LogP contribution in [0.25, 0.3) is 0 Å². The van der Waals surface area contributed by atoms with Crippen LogP contribution in [0.5, 0.6) is 11.5 Å². The highest BCUT2D eigenvalue weighted by atomic mass is 79.9. The highest BCUT2D eigenvalue weighted by Gasteiger charge is 2.22. The van der Waals surface area contributed by atoms with Gasteiger partial charge in [-0.1, -0.05) is 12.1 Å². The minimum atomic E-state index is -1.30. The van der Waals surface area contributed by atoms with E-state index in [9.17, 15) is 13.9 Å². The highest BCUT2D eigenvalue weighted by molar-refractivity contribution is 9.10. The fourth-order valence-corrected chi connectivity index (χ4v) is 2.77. The van der Waals surface area contributed by atoms with E-state index >= 15 is 0 Å². The summed E-state index contributed by atoms with van der Waals surface area (Å²) in [6.07, 6.45) is -1.30. The first-order chi connectivity index (χ1) is 10.1. The van der Waals surface area contributed by atoms with Crippen LogP contribution in [0.15, 0.2) is 34.8 Å². The Bertz CT molecular complexity index is 691. The number of aliphatic hydroxyl groups excluding tert-OH is 1. The summed E-state index contributed by atoms with van der Waals surface area (Å²) in [5.41, 5.74) is 0.259. The summed E-state index contributed by atoms with van der Waals surface area (Å²) in [5.74, 6) is -1.06. The number of hydrogen-bond donors (Lipinski definition) is 1. The van der Waals surface area contributed by atoms with Crippen LogP contribution in [0.4, 0.5) is 8.78 Å². The van der Waals surface area contributed by atoms with Crippen LogP contribution in [0, 0.1) is 11.6 Å². The predicted octanol–water partition coefficient (Wildman–Crippen LogP) is 3.58. The number of rotatable bonds is 2. The maximum Gasteiger partial charge on any atom is 0.175 e. The summed E-state index contributed by atoms with van der Waals surface area (Å²) in [6, 6.07) is 6.86. The zero-order valence-corrected chi connectivity index (χ0v) is 12.4. The fourth-order valence-electron chi connectivity index (χ4n) is 2.20. The highest BCUT2D eigenvalue weighted by Crippen LogP contribution is 2.41. The minimum Gasteiger partial charge on any atom is -0.486 e. The Labute approximate surface area is 128 Å². The van der Waals surface area contributed by atoms with Gasteiger partial charge < -0.3 is 14.6 Å². The van der Waals surface area contributed by atoms with Crippen LogP contribution >= 0.6 is 15.9 Å². The number of hydrogen-bond acceptors (Lipinski definition) is 3. The molecule has 1 heterocycles. The molecule has 110 valence electrons. The first kappa shape index (κ1) is 14.3. The lowest BCUT2D eigenvalue weighted by molar-refractivity contribution is 0.168. The third kappa shape index (κ3) is 2.61. The first-order valence-electron chi connectivity index (χ1n) is 6.29. The molecule has 0 fully saturated rings. The van der Waals surface area contributed by atoms with Gasteiger partial charge >= 0.3 is 0 Å². The van der Waals surface area contributed by atoms with Crippen molar-refractivity contribution in [1.29, 1.82) is 0 Å². The van der Waals surface area contributed by atoms with Crippen molar-refractivity contribution in [3.8, 4) is 11.5 Å². The van der Waals surface area contributed by atoms with Gasteiger partial charge in [0.25, 0.3) is 0 Å². The van der Waals surface area contributed by atoms with Crippen LogP contribution in [0.1, 0.15) is 17.2 Å². The molecule has 2 aromatic carbocycles. The Hall–Kier alpha value is -1.66. The van der Waals surface area contributed by atoms with Crippen molar-refractivity contribution in [2.75, 3.05) is 13.2 Å². The van der Waals surface area contributed by atoms with Crippen LogP contribution in [-0.2, 0) is 0 Å². The lowest BCUT2D eigenvalue weighted by atomic mass is 10.0. The summed E-state index contributed by atoms with van der Waals surface area (Å²) >= 11 is 3.32. The van der Waals surface area contributed by atoms with Crippen LogP contribution in [-0.4, -0.2) is 18.3 Å². The number of ether oxygens (including phenoxy) is 2. The van der Waals surface area contributed by atoms with Crippen molar-refractivity contribution in [3.05, 3.63) is 57.6 Å². The smallest absolute Gasteiger partial charge is 0.175 e. The largest absolute Gasteiger partial charge is 0.486 e. The molecule has 21 heavy (non-hydrogen) atoms. The molecule has 3 nitrogen and oxygen atoms in total. The second kappa shape index (κ2) is 5.61. The van der Waals surface area contributed by atoms with Crippen molar-refractivity contribution < 1.29 is 23.4 Å². The molecule has 1 aliphatic heterocycles. The summed E-state index contributed by atoms with van der Waals surface area (Å²) in [7, 11) is 0. The Morgan fingerprint density at radius 1 is 1.14 bits per heavy atom. The number of halogens is 3. The van der Waals surface area contributed by atoms with Gasteiger partial charge in [0.15, 0.2) is 23.1 Å². The summed E-state index contributed by atoms with van der Waals surface area (Å²) in [6.45, 7) is 0.833. The quantitative estimate of drug-likeness (QED) is 0.893. The van der Waals surface area contributed by atoms with E-state index in [0.29, 0.717) is 34.7 Å². The Kier molecular flexibility index (Phi) is 3.82. The zero-order valence-electron chi connectivity index (χ0n) is 10.8. The summed E-state index contributed by atoms with van der Waals surface area (Å²) in [4.78, 5) is 0. The van der Waals surface area contributed by atoms with Gasteiger partial charge in [0, 0.05) is 5.56 Å². The SMILES string of the molecule is OC(c1cc(Br)c2c(c1)OCCO2)c1cccc(F)c1F. The lowest BCUT2D eigenvalue weighted by Crippen LogP contribution is -2.16. The Balaban J connectivity index is 2.04. The Morgan fingerprint density at radius 3 is 2.71 bits per heavy atom. The summed E-state index contributed by atoms with van der Waals surface area (Å²) < 4.78 is 38.5. The van der Waals surface area contributed by atoms with E-state index in [1.165, 1.54) is 12.1 Å². The molecule has 0 bridgehead atoms. The topological polar surface area (TPSA) is 38.7 Å². The monoisotopic (exact) mass is 356 g/mol. The standard InChI is InChI=1S/C15H11BrF2O3/c16-10-6-8(7-12-15(10)21-5-4-20-12)14(19)9-2-1-3-11(17)13(9)18/h1-3,6-7,14,19H,4-5H2. The number of aliphatic hydroxyl groups is 1. The maximum atomic E-state index is 13.8. The second-order valence-electron chi connectivity index (χ2n) is 4.57. The molecule has 2 aromatic rings. The Morgan fingerprint density at radius 2 is 1.90 bits per heavy atom. The van der Waals surface area contributed by atoms with E-state index in [4.69, 9.17) is 9.47 Å². The van der Waals surface area contributed by atoms with Gasteiger partial charge in [-0.25, -0.2) is 8.78 Å². The third-order valence-corrected chi connectivity index (χ3v) is 3.80. The van der Waals surface area contributed by atoms with Gasteiger partial charge in [0.2, 0.25) is 0 Å². The lowest BCUT2D eigenvalue weighted by Gasteiger charge is -2.22. The molecule has 1 unspecified atom stereocenters. The van der Waals surface area contributed by atoms with E-state index in [2.05, 4.69) is 15.9 Å². The van der Waals surface area contributed by atoms with E-state index in [1.54, 1.807) is 12.1 Å². The van der Waals surface area contributed by atoms with E-state index in [-0.39, 0.29) is 5.56 Å². The molecule has 0 radical (unpaired) electrons. The normalized spacial score (nSPS) is 14.9. The molecule has 0 spiro atoms. The van der Waals surface area contributed by atoms with Crippen molar-refractivity contribution in [3.63, 3.8) is 0 Å². The molecule has 6 heteroatoms. The molecule has 0 aromatic heterocycles. The molecule has 0 saturated carbocycles. The van der Waals surface area contributed by atoms with E-state index in [1.807, 2.05) is 0 Å². The predicted molar refractivity (Wildman–Crippen MR) is 75.6 cm³/mol. The average molecular weight is 357 g/mol. The van der Waals surface area contributed by atoms with Gasteiger partial charge in [-0.2, -0.15) is 0 Å². The zero-order chi connectivity index (χ0) is 15.0. The van der Waals surface area contributed by atoms with Crippen molar-refractivity contribution in [2.45, 2.75) is 6.10 Å². The van der Waals surface area contributed by atoms with E-state index in [0.717, 1.165) is 6.07 Å². The van der Waals surface area contributed by atoms with Crippen molar-refractivity contribution in [1.82, 2.24) is 0 Å². The molecule has 1 atom stereocenters. The third-order valence-electron chi connectivity index (χ3n) is 3.21.